The zero-order valence-electron chi connectivity index (χ0n) is 13.8. The highest BCUT2D eigenvalue weighted by Gasteiger charge is 2.06. The van der Waals surface area contributed by atoms with Gasteiger partial charge in [0.1, 0.15) is 0 Å². The summed E-state index contributed by atoms with van der Waals surface area (Å²) in [7, 11) is 0. The van der Waals surface area contributed by atoms with Crippen molar-refractivity contribution in [3.63, 3.8) is 0 Å². The lowest BCUT2D eigenvalue weighted by atomic mass is 10.0. The van der Waals surface area contributed by atoms with Crippen molar-refractivity contribution in [2.45, 2.75) is 40.5 Å². The maximum atomic E-state index is 5.98. The molecule has 0 atom stereocenters. The number of aliphatic imine (C=N–C) groups is 1. The minimum absolute atomic E-state index is 0.457. The molecule has 21 heavy (non-hydrogen) atoms. The third kappa shape index (κ3) is 6.17. The number of ether oxygens (including phenoxy) is 1. The third-order valence-corrected chi connectivity index (χ3v) is 3.22. The van der Waals surface area contributed by atoms with E-state index in [0.29, 0.717) is 25.0 Å². The Morgan fingerprint density at radius 1 is 1.24 bits per heavy atom. The second kappa shape index (κ2) is 9.40. The Bertz CT molecular complexity index is 433. The molecule has 0 unspecified atom stereocenters. The minimum Gasteiger partial charge on any atom is -0.379 e. The van der Waals surface area contributed by atoms with Crippen LogP contribution >= 0.6 is 0 Å². The molecule has 1 aromatic rings. The fourth-order valence-corrected chi connectivity index (χ4v) is 2.12. The molecule has 0 saturated heterocycles. The summed E-state index contributed by atoms with van der Waals surface area (Å²) in [4.78, 5) is 4.33. The number of anilines is 1. The van der Waals surface area contributed by atoms with Crippen molar-refractivity contribution < 1.29 is 4.74 Å². The molecule has 0 aromatic heterocycles. The third-order valence-electron chi connectivity index (χ3n) is 3.22. The van der Waals surface area contributed by atoms with E-state index in [2.05, 4.69) is 56.2 Å². The highest BCUT2D eigenvalue weighted by molar-refractivity contribution is 5.93. The van der Waals surface area contributed by atoms with E-state index in [1.54, 1.807) is 0 Å². The van der Waals surface area contributed by atoms with E-state index >= 15 is 0 Å². The average Bonchev–Trinajstić information content (AvgIpc) is 2.46. The monoisotopic (exact) mass is 291 g/mol. The van der Waals surface area contributed by atoms with Gasteiger partial charge in [-0.05, 0) is 29.9 Å². The summed E-state index contributed by atoms with van der Waals surface area (Å²) in [5.41, 5.74) is 9.62. The van der Waals surface area contributed by atoms with Crippen LogP contribution in [0.4, 0.5) is 5.69 Å². The SMILES string of the molecule is CCc1cccc(CC)c1NC(N)=NCCOCC(C)C. The molecule has 4 heteroatoms. The van der Waals surface area contributed by atoms with E-state index < -0.39 is 0 Å². The standard InChI is InChI=1S/C17H29N3O/c1-5-14-8-7-9-15(6-2)16(14)20-17(18)19-10-11-21-12-13(3)4/h7-9,13H,5-6,10-12H2,1-4H3,(H3,18,19,20). The first-order valence-corrected chi connectivity index (χ1v) is 7.83. The normalized spacial score (nSPS) is 12.0. The van der Waals surface area contributed by atoms with Crippen molar-refractivity contribution >= 4 is 11.6 Å². The summed E-state index contributed by atoms with van der Waals surface area (Å²) in [6.07, 6.45) is 1.95. The zero-order valence-corrected chi connectivity index (χ0v) is 13.8. The molecule has 0 amide bonds. The highest BCUT2D eigenvalue weighted by atomic mass is 16.5. The van der Waals surface area contributed by atoms with Crippen LogP contribution in [-0.2, 0) is 17.6 Å². The predicted molar refractivity (Wildman–Crippen MR) is 91.0 cm³/mol. The molecule has 3 N–H and O–H groups in total. The Kier molecular flexibility index (Phi) is 7.83. The molecule has 0 heterocycles. The molecule has 0 aliphatic heterocycles. The number of hydrogen-bond acceptors (Lipinski definition) is 2. The van der Waals surface area contributed by atoms with Crippen LogP contribution in [0.1, 0.15) is 38.8 Å². The van der Waals surface area contributed by atoms with Gasteiger partial charge in [-0.1, -0.05) is 45.9 Å². The molecule has 0 aliphatic rings. The Labute approximate surface area is 128 Å². The van der Waals surface area contributed by atoms with Gasteiger partial charge in [-0.15, -0.1) is 0 Å². The predicted octanol–water partition coefficient (Wildman–Crippen LogP) is 3.21. The van der Waals surface area contributed by atoms with E-state index in [9.17, 15) is 0 Å². The molecular weight excluding hydrogens is 262 g/mol. The summed E-state index contributed by atoms with van der Waals surface area (Å²) < 4.78 is 5.50. The van der Waals surface area contributed by atoms with Crippen LogP contribution in [0.25, 0.3) is 0 Å². The molecule has 1 rings (SSSR count). The van der Waals surface area contributed by atoms with Crippen LogP contribution in [0.3, 0.4) is 0 Å². The fraction of sp³-hybridized carbons (Fsp3) is 0.588. The van der Waals surface area contributed by atoms with Gasteiger partial charge >= 0.3 is 0 Å². The van der Waals surface area contributed by atoms with E-state index in [0.717, 1.165) is 25.1 Å². The van der Waals surface area contributed by atoms with Crippen LogP contribution < -0.4 is 11.1 Å². The van der Waals surface area contributed by atoms with Gasteiger partial charge in [0.25, 0.3) is 0 Å². The maximum Gasteiger partial charge on any atom is 0.193 e. The van der Waals surface area contributed by atoms with E-state index in [-0.39, 0.29) is 0 Å². The van der Waals surface area contributed by atoms with Gasteiger partial charge in [0, 0.05) is 12.3 Å². The lowest BCUT2D eigenvalue weighted by Crippen LogP contribution is -2.25. The van der Waals surface area contributed by atoms with Crippen molar-refractivity contribution in [1.82, 2.24) is 0 Å². The second-order valence-electron chi connectivity index (χ2n) is 5.52. The van der Waals surface area contributed by atoms with Gasteiger partial charge in [0.15, 0.2) is 5.96 Å². The van der Waals surface area contributed by atoms with Gasteiger partial charge in [-0.3, -0.25) is 4.99 Å². The number of aryl methyl sites for hydroxylation is 2. The number of nitrogens with zero attached hydrogens (tertiary/aromatic N) is 1. The van der Waals surface area contributed by atoms with Crippen LogP contribution in [-0.4, -0.2) is 25.7 Å². The number of benzene rings is 1. The van der Waals surface area contributed by atoms with Gasteiger partial charge in [-0.25, -0.2) is 0 Å². The maximum absolute atomic E-state index is 5.98. The molecule has 0 bridgehead atoms. The molecule has 0 fully saturated rings. The molecule has 0 aliphatic carbocycles. The molecule has 0 spiro atoms. The number of para-hydroxylation sites is 1. The van der Waals surface area contributed by atoms with Gasteiger partial charge < -0.3 is 15.8 Å². The Morgan fingerprint density at radius 2 is 1.86 bits per heavy atom. The molecule has 1 aromatic carbocycles. The first kappa shape index (κ1) is 17.5. The smallest absolute Gasteiger partial charge is 0.193 e. The van der Waals surface area contributed by atoms with Crippen LogP contribution in [0, 0.1) is 5.92 Å². The molecule has 0 saturated carbocycles. The largest absolute Gasteiger partial charge is 0.379 e. The van der Waals surface area contributed by atoms with Crippen molar-refractivity contribution in [3.8, 4) is 0 Å². The van der Waals surface area contributed by atoms with E-state index in [1.165, 1.54) is 11.1 Å². The summed E-state index contributed by atoms with van der Waals surface area (Å²) in [5, 5.41) is 3.25. The lowest BCUT2D eigenvalue weighted by molar-refractivity contribution is 0.117. The van der Waals surface area contributed by atoms with E-state index in [4.69, 9.17) is 10.5 Å². The average molecular weight is 291 g/mol. The summed E-state index contributed by atoms with van der Waals surface area (Å²) in [6.45, 7) is 10.5. The van der Waals surface area contributed by atoms with Crippen molar-refractivity contribution in [2.75, 3.05) is 25.1 Å². The number of hydrogen-bond donors (Lipinski definition) is 2. The number of rotatable bonds is 8. The van der Waals surface area contributed by atoms with Gasteiger partial charge in [0.2, 0.25) is 0 Å². The fourth-order valence-electron chi connectivity index (χ4n) is 2.12. The number of nitrogens with two attached hydrogens (primary N) is 1. The van der Waals surface area contributed by atoms with Crippen LogP contribution in [0.2, 0.25) is 0 Å². The van der Waals surface area contributed by atoms with Crippen molar-refractivity contribution in [3.05, 3.63) is 29.3 Å². The Morgan fingerprint density at radius 3 is 2.38 bits per heavy atom. The van der Waals surface area contributed by atoms with Crippen molar-refractivity contribution in [2.24, 2.45) is 16.6 Å². The molecule has 0 radical (unpaired) electrons. The summed E-state index contributed by atoms with van der Waals surface area (Å²) in [5.74, 6) is 1.01. The van der Waals surface area contributed by atoms with Crippen molar-refractivity contribution in [1.29, 1.82) is 0 Å². The minimum atomic E-state index is 0.457. The summed E-state index contributed by atoms with van der Waals surface area (Å²) in [6, 6.07) is 6.34. The highest BCUT2D eigenvalue weighted by Crippen LogP contribution is 2.22. The number of guanidine groups is 1. The first-order chi connectivity index (χ1) is 10.1. The van der Waals surface area contributed by atoms with Crippen LogP contribution in [0.5, 0.6) is 0 Å². The molecule has 4 nitrogen and oxygen atoms in total. The topological polar surface area (TPSA) is 59.6 Å². The first-order valence-electron chi connectivity index (χ1n) is 7.83. The van der Waals surface area contributed by atoms with Gasteiger partial charge in [0.05, 0.1) is 13.2 Å². The molecule has 118 valence electrons. The number of nitrogens with one attached hydrogen (secondary N) is 1. The Hall–Kier alpha value is -1.55. The second-order valence-corrected chi connectivity index (χ2v) is 5.52. The van der Waals surface area contributed by atoms with E-state index in [1.807, 2.05) is 0 Å². The quantitative estimate of drug-likeness (QED) is 0.439. The Balaban J connectivity index is 2.59. The van der Waals surface area contributed by atoms with Crippen LogP contribution in [0.15, 0.2) is 23.2 Å². The van der Waals surface area contributed by atoms with Gasteiger partial charge in [-0.2, -0.15) is 0 Å². The summed E-state index contributed by atoms with van der Waals surface area (Å²) >= 11 is 0. The molecular formula is C17H29N3O. The zero-order chi connectivity index (χ0) is 15.7. The lowest BCUT2D eigenvalue weighted by Gasteiger charge is -2.14.